The summed E-state index contributed by atoms with van der Waals surface area (Å²) < 4.78 is 6.55. The molecule has 0 bridgehead atoms. The summed E-state index contributed by atoms with van der Waals surface area (Å²) in [5.74, 6) is 0. The van der Waals surface area contributed by atoms with Gasteiger partial charge in [-0.25, -0.2) is 0 Å². The van der Waals surface area contributed by atoms with E-state index in [1.165, 1.54) is 60.1 Å². The van der Waals surface area contributed by atoms with Gasteiger partial charge >= 0.3 is 0 Å². The molecule has 8 rings (SSSR count). The van der Waals surface area contributed by atoms with Crippen molar-refractivity contribution in [3.63, 3.8) is 0 Å². The molecule has 0 radical (unpaired) electrons. The summed E-state index contributed by atoms with van der Waals surface area (Å²) >= 11 is 0. The molecule has 40 heavy (non-hydrogen) atoms. The van der Waals surface area contributed by atoms with Crippen LogP contribution in [0.15, 0.2) is 114 Å². The number of rotatable bonds is 2. The number of benzene rings is 7. The molecule has 0 fully saturated rings. The molecule has 0 unspecified atom stereocenters. The molecular formula is C39H30O. The van der Waals surface area contributed by atoms with Gasteiger partial charge in [0.1, 0.15) is 11.2 Å². The van der Waals surface area contributed by atoms with Crippen molar-refractivity contribution in [3.05, 3.63) is 120 Å². The van der Waals surface area contributed by atoms with Gasteiger partial charge in [-0.1, -0.05) is 123 Å². The second-order valence-corrected chi connectivity index (χ2v) is 12.3. The third-order valence-corrected chi connectivity index (χ3v) is 8.61. The van der Waals surface area contributed by atoms with Crippen molar-refractivity contribution in [2.24, 2.45) is 0 Å². The number of fused-ring (bicyclic) bond motifs is 3. The Kier molecular flexibility index (Phi) is 4.77. The molecule has 1 nitrogen and oxygen atoms in total. The molecule has 0 saturated heterocycles. The van der Waals surface area contributed by atoms with Crippen LogP contribution in [-0.2, 0) is 5.41 Å². The largest absolute Gasteiger partial charge is 0.455 e. The van der Waals surface area contributed by atoms with Gasteiger partial charge in [-0.05, 0) is 79.0 Å². The van der Waals surface area contributed by atoms with Crippen molar-refractivity contribution in [3.8, 4) is 22.3 Å². The lowest BCUT2D eigenvalue weighted by molar-refractivity contribution is 0.591. The maximum Gasteiger partial charge on any atom is 0.143 e. The van der Waals surface area contributed by atoms with Gasteiger partial charge in [0, 0.05) is 16.3 Å². The van der Waals surface area contributed by atoms with E-state index in [0.717, 1.165) is 27.5 Å². The first-order valence-electron chi connectivity index (χ1n) is 14.1. The van der Waals surface area contributed by atoms with Crippen LogP contribution in [-0.4, -0.2) is 0 Å². The second kappa shape index (κ2) is 8.19. The van der Waals surface area contributed by atoms with E-state index in [9.17, 15) is 0 Å². The molecule has 0 aliphatic carbocycles. The number of hydrogen-bond acceptors (Lipinski definition) is 1. The maximum atomic E-state index is 6.55. The van der Waals surface area contributed by atoms with Crippen LogP contribution in [0.5, 0.6) is 0 Å². The van der Waals surface area contributed by atoms with E-state index in [-0.39, 0.29) is 5.41 Å². The van der Waals surface area contributed by atoms with E-state index in [1.807, 2.05) is 6.07 Å². The van der Waals surface area contributed by atoms with Crippen molar-refractivity contribution in [1.29, 1.82) is 0 Å². The summed E-state index contributed by atoms with van der Waals surface area (Å²) in [6.45, 7) is 9.05. The molecule has 0 saturated carbocycles. The summed E-state index contributed by atoms with van der Waals surface area (Å²) in [5.41, 5.74) is 9.43. The van der Waals surface area contributed by atoms with E-state index in [4.69, 9.17) is 4.42 Å². The lowest BCUT2D eigenvalue weighted by Gasteiger charge is -2.23. The molecule has 1 aromatic heterocycles. The molecule has 0 atom stereocenters. The van der Waals surface area contributed by atoms with Crippen LogP contribution in [0.2, 0.25) is 0 Å². The molecule has 8 aromatic rings. The van der Waals surface area contributed by atoms with Gasteiger partial charge in [0.2, 0.25) is 0 Å². The Morgan fingerprint density at radius 3 is 1.98 bits per heavy atom. The summed E-state index contributed by atoms with van der Waals surface area (Å²) in [4.78, 5) is 0. The zero-order valence-corrected chi connectivity index (χ0v) is 23.3. The summed E-state index contributed by atoms with van der Waals surface area (Å²) in [5, 5.41) is 10.2. The van der Waals surface area contributed by atoms with Crippen LogP contribution < -0.4 is 0 Å². The average Bonchev–Trinajstić information content (AvgIpc) is 3.34. The van der Waals surface area contributed by atoms with Gasteiger partial charge in [-0.3, -0.25) is 0 Å². The minimum atomic E-state index is 0.0826. The van der Waals surface area contributed by atoms with Crippen molar-refractivity contribution in [2.75, 3.05) is 0 Å². The Labute approximate surface area is 234 Å². The Morgan fingerprint density at radius 1 is 0.525 bits per heavy atom. The monoisotopic (exact) mass is 514 g/mol. The second-order valence-electron chi connectivity index (χ2n) is 12.3. The quantitative estimate of drug-likeness (QED) is 0.209. The molecule has 192 valence electrons. The highest BCUT2D eigenvalue weighted by atomic mass is 16.3. The Hall–Kier alpha value is -4.62. The van der Waals surface area contributed by atoms with Crippen molar-refractivity contribution in [2.45, 2.75) is 33.1 Å². The lowest BCUT2D eigenvalue weighted by Crippen LogP contribution is -2.10. The summed E-state index contributed by atoms with van der Waals surface area (Å²) in [6.07, 6.45) is 0. The maximum absolute atomic E-state index is 6.55. The lowest BCUT2D eigenvalue weighted by atomic mass is 9.81. The van der Waals surface area contributed by atoms with Crippen LogP contribution in [0.4, 0.5) is 0 Å². The summed E-state index contributed by atoms with van der Waals surface area (Å²) in [6, 6.07) is 40.2. The normalized spacial score (nSPS) is 12.5. The highest BCUT2D eigenvalue weighted by molar-refractivity contribution is 6.29. The Balaban J connectivity index is 1.55. The predicted octanol–water partition coefficient (Wildman–Crippen LogP) is 11.4. The number of aryl methyl sites for hydroxylation is 1. The van der Waals surface area contributed by atoms with Crippen LogP contribution in [0.3, 0.4) is 0 Å². The van der Waals surface area contributed by atoms with Gasteiger partial charge < -0.3 is 4.42 Å². The molecular weight excluding hydrogens is 484 g/mol. The number of furan rings is 1. The molecule has 0 aliphatic heterocycles. The highest BCUT2D eigenvalue weighted by Crippen LogP contribution is 2.47. The Morgan fingerprint density at radius 2 is 1.23 bits per heavy atom. The minimum Gasteiger partial charge on any atom is -0.455 e. The first kappa shape index (κ1) is 23.3. The smallest absolute Gasteiger partial charge is 0.143 e. The third-order valence-electron chi connectivity index (χ3n) is 8.61. The van der Waals surface area contributed by atoms with Crippen LogP contribution in [0.25, 0.3) is 76.5 Å². The van der Waals surface area contributed by atoms with Crippen LogP contribution >= 0.6 is 0 Å². The molecule has 0 aliphatic rings. The third kappa shape index (κ3) is 3.34. The van der Waals surface area contributed by atoms with Gasteiger partial charge in [0.25, 0.3) is 0 Å². The Bertz CT molecular complexity index is 2240. The highest BCUT2D eigenvalue weighted by Gasteiger charge is 2.21. The fraction of sp³-hybridized carbons (Fsp3) is 0.128. The van der Waals surface area contributed by atoms with Gasteiger partial charge in [-0.2, -0.15) is 0 Å². The van der Waals surface area contributed by atoms with E-state index >= 15 is 0 Å². The topological polar surface area (TPSA) is 13.1 Å². The first-order chi connectivity index (χ1) is 19.4. The van der Waals surface area contributed by atoms with Crippen molar-refractivity contribution >= 4 is 54.3 Å². The number of para-hydroxylation sites is 2. The van der Waals surface area contributed by atoms with Gasteiger partial charge in [0.05, 0.1) is 0 Å². The van der Waals surface area contributed by atoms with Gasteiger partial charge in [0.15, 0.2) is 0 Å². The number of hydrogen-bond donors (Lipinski definition) is 0. The fourth-order valence-electron chi connectivity index (χ4n) is 6.58. The zero-order valence-electron chi connectivity index (χ0n) is 23.3. The van der Waals surface area contributed by atoms with Crippen LogP contribution in [0, 0.1) is 6.92 Å². The van der Waals surface area contributed by atoms with Crippen molar-refractivity contribution < 1.29 is 4.42 Å². The standard InChI is InChI=1S/C39H30O/c1-23-9-7-10-24(19-23)33-22-34(32-13-8-12-31-28-11-5-6-14-35(28)40-38(31)32)30-18-16-26-21-27(39(2,3)4)20-25-15-17-29(33)37(30)36(25)26/h5-22H,1-4H3. The van der Waals surface area contributed by atoms with Gasteiger partial charge in [-0.15, -0.1) is 0 Å². The minimum absolute atomic E-state index is 0.0826. The molecule has 7 aromatic carbocycles. The molecule has 1 heteroatoms. The predicted molar refractivity (Wildman–Crippen MR) is 172 cm³/mol. The van der Waals surface area contributed by atoms with E-state index in [0.29, 0.717) is 0 Å². The van der Waals surface area contributed by atoms with Crippen LogP contribution in [0.1, 0.15) is 31.9 Å². The summed E-state index contributed by atoms with van der Waals surface area (Å²) in [7, 11) is 0. The molecule has 0 spiro atoms. The van der Waals surface area contributed by atoms with E-state index in [2.05, 4.69) is 131 Å². The zero-order chi connectivity index (χ0) is 27.2. The average molecular weight is 515 g/mol. The fourth-order valence-corrected chi connectivity index (χ4v) is 6.58. The van der Waals surface area contributed by atoms with E-state index < -0.39 is 0 Å². The SMILES string of the molecule is Cc1cccc(-c2cc(-c3cccc4c3oc3ccccc34)c3ccc4cc(C(C)(C)C)cc5ccc2c3c54)c1. The van der Waals surface area contributed by atoms with E-state index in [1.54, 1.807) is 0 Å². The van der Waals surface area contributed by atoms with Crippen molar-refractivity contribution in [1.82, 2.24) is 0 Å². The molecule has 0 amide bonds. The first-order valence-corrected chi connectivity index (χ1v) is 14.1. The molecule has 0 N–H and O–H groups in total. The molecule has 1 heterocycles.